The maximum Gasteiger partial charge on any atom is 0.221 e. The molecule has 1 rings (SSSR count). The second kappa shape index (κ2) is 5.35. The summed E-state index contributed by atoms with van der Waals surface area (Å²) in [6, 6.07) is 0. The van der Waals surface area contributed by atoms with E-state index >= 15 is 0 Å². The number of hydrogen-bond donors (Lipinski definition) is 2. The predicted octanol–water partition coefficient (Wildman–Crippen LogP) is 1.13. The molecule has 0 aromatic carbocycles. The molecule has 82 valence electrons. The second-order valence-corrected chi connectivity index (χ2v) is 4.75. The van der Waals surface area contributed by atoms with Gasteiger partial charge in [0.15, 0.2) is 0 Å². The molecule has 0 saturated heterocycles. The molecule has 3 unspecified atom stereocenters. The quantitative estimate of drug-likeness (QED) is 0.696. The van der Waals surface area contributed by atoms with E-state index in [-0.39, 0.29) is 11.8 Å². The maximum atomic E-state index is 10.8. The van der Waals surface area contributed by atoms with Gasteiger partial charge in [0.05, 0.1) is 0 Å². The molecule has 0 heterocycles. The Morgan fingerprint density at radius 2 is 2.29 bits per heavy atom. The fourth-order valence-corrected chi connectivity index (χ4v) is 2.11. The van der Waals surface area contributed by atoms with Gasteiger partial charge < -0.3 is 11.1 Å². The van der Waals surface area contributed by atoms with Gasteiger partial charge in [-0.25, -0.2) is 0 Å². The van der Waals surface area contributed by atoms with Crippen molar-refractivity contribution in [3.05, 3.63) is 0 Å². The lowest BCUT2D eigenvalue weighted by molar-refractivity contribution is -0.121. The molecule has 1 amide bonds. The van der Waals surface area contributed by atoms with Gasteiger partial charge in [0, 0.05) is 12.5 Å². The van der Waals surface area contributed by atoms with Crippen molar-refractivity contribution in [3.8, 4) is 0 Å². The van der Waals surface area contributed by atoms with Crippen molar-refractivity contribution < 1.29 is 4.79 Å². The molecule has 1 aliphatic rings. The van der Waals surface area contributed by atoms with Crippen molar-refractivity contribution >= 4 is 5.91 Å². The number of rotatable bonds is 5. The minimum absolute atomic E-state index is 0.0474. The third-order valence-electron chi connectivity index (χ3n) is 3.17. The van der Waals surface area contributed by atoms with Crippen molar-refractivity contribution in [1.82, 2.24) is 5.32 Å². The Morgan fingerprint density at radius 1 is 1.57 bits per heavy atom. The highest BCUT2D eigenvalue weighted by Gasteiger charge is 2.20. The first-order valence-corrected chi connectivity index (χ1v) is 5.59. The van der Waals surface area contributed by atoms with Gasteiger partial charge >= 0.3 is 0 Å². The number of primary amides is 1. The lowest BCUT2D eigenvalue weighted by Crippen LogP contribution is -2.33. The van der Waals surface area contributed by atoms with Crippen molar-refractivity contribution in [1.29, 1.82) is 0 Å². The van der Waals surface area contributed by atoms with Gasteiger partial charge in [-0.05, 0) is 31.2 Å². The van der Waals surface area contributed by atoms with Gasteiger partial charge in [0.2, 0.25) is 5.91 Å². The number of carbonyl (C=O) groups is 1. The number of amides is 1. The lowest BCUT2D eigenvalue weighted by atomic mass is 10.1. The molecule has 1 aliphatic carbocycles. The normalized spacial score (nSPS) is 29.0. The lowest BCUT2D eigenvalue weighted by Gasteiger charge is -2.13. The third-order valence-corrected chi connectivity index (χ3v) is 3.17. The van der Waals surface area contributed by atoms with Gasteiger partial charge in [-0.15, -0.1) is 0 Å². The van der Waals surface area contributed by atoms with Crippen LogP contribution in [0.3, 0.4) is 0 Å². The summed E-state index contributed by atoms with van der Waals surface area (Å²) in [7, 11) is 0. The third kappa shape index (κ3) is 3.66. The zero-order valence-corrected chi connectivity index (χ0v) is 9.25. The minimum Gasteiger partial charge on any atom is -0.369 e. The molecule has 3 heteroatoms. The van der Waals surface area contributed by atoms with Crippen LogP contribution in [-0.2, 0) is 4.79 Å². The fraction of sp³-hybridized carbons (Fsp3) is 0.909. The van der Waals surface area contributed by atoms with E-state index in [0.29, 0.717) is 0 Å². The summed E-state index contributed by atoms with van der Waals surface area (Å²) in [5.41, 5.74) is 5.17. The van der Waals surface area contributed by atoms with Gasteiger partial charge in [0.25, 0.3) is 0 Å². The van der Waals surface area contributed by atoms with Gasteiger partial charge in [-0.1, -0.05) is 20.3 Å². The van der Waals surface area contributed by atoms with E-state index in [4.69, 9.17) is 5.73 Å². The average molecular weight is 198 g/mol. The molecule has 0 spiro atoms. The van der Waals surface area contributed by atoms with Crippen LogP contribution in [0.25, 0.3) is 0 Å². The zero-order valence-electron chi connectivity index (χ0n) is 9.25. The molecule has 3 N–H and O–H groups in total. The number of nitrogens with one attached hydrogen (secondary N) is 1. The van der Waals surface area contributed by atoms with Gasteiger partial charge in [-0.3, -0.25) is 4.79 Å². The highest BCUT2D eigenvalue weighted by molar-refractivity contribution is 5.76. The Bertz CT molecular complexity index is 194. The molecule has 3 nitrogen and oxygen atoms in total. The number of hydrogen-bond acceptors (Lipinski definition) is 2. The van der Waals surface area contributed by atoms with Crippen LogP contribution in [0.2, 0.25) is 0 Å². The Labute approximate surface area is 86.4 Å². The number of nitrogens with two attached hydrogens (primary N) is 1. The van der Waals surface area contributed by atoms with Crippen molar-refractivity contribution in [2.24, 2.45) is 23.5 Å². The maximum absolute atomic E-state index is 10.8. The van der Waals surface area contributed by atoms with Crippen LogP contribution in [0.15, 0.2) is 0 Å². The van der Waals surface area contributed by atoms with Crippen molar-refractivity contribution in [3.63, 3.8) is 0 Å². The highest BCUT2D eigenvalue weighted by Crippen LogP contribution is 2.29. The monoisotopic (exact) mass is 198 g/mol. The summed E-state index contributed by atoms with van der Waals surface area (Å²) in [5.74, 6) is 1.44. The molecule has 0 aromatic heterocycles. The molecule has 1 saturated carbocycles. The van der Waals surface area contributed by atoms with Crippen LogP contribution in [0, 0.1) is 17.8 Å². The van der Waals surface area contributed by atoms with E-state index in [1.54, 1.807) is 0 Å². The number of carbonyl (C=O) groups excluding carboxylic acids is 1. The van der Waals surface area contributed by atoms with E-state index in [2.05, 4.69) is 12.2 Å². The van der Waals surface area contributed by atoms with E-state index in [0.717, 1.165) is 24.9 Å². The highest BCUT2D eigenvalue weighted by atomic mass is 16.1. The van der Waals surface area contributed by atoms with Crippen LogP contribution in [0.1, 0.15) is 33.1 Å². The summed E-state index contributed by atoms with van der Waals surface area (Å²) in [4.78, 5) is 10.8. The molecule has 1 fully saturated rings. The van der Waals surface area contributed by atoms with Crippen LogP contribution in [-0.4, -0.2) is 19.0 Å². The average Bonchev–Trinajstić information content (AvgIpc) is 2.51. The predicted molar refractivity (Wildman–Crippen MR) is 57.7 cm³/mol. The standard InChI is InChI=1S/C11H22N2O/c1-8-3-4-10(5-8)7-13-6-9(2)11(12)14/h8-10,13H,3-7H2,1-2H3,(H2,12,14). The minimum atomic E-state index is -0.211. The van der Waals surface area contributed by atoms with Crippen molar-refractivity contribution in [2.45, 2.75) is 33.1 Å². The van der Waals surface area contributed by atoms with E-state index < -0.39 is 0 Å². The molecule has 3 atom stereocenters. The van der Waals surface area contributed by atoms with Gasteiger partial charge in [0.1, 0.15) is 0 Å². The van der Waals surface area contributed by atoms with E-state index in [1.807, 2.05) is 6.92 Å². The summed E-state index contributed by atoms with van der Waals surface area (Å²) in [6.45, 7) is 5.95. The largest absolute Gasteiger partial charge is 0.369 e. The Morgan fingerprint density at radius 3 is 2.79 bits per heavy atom. The van der Waals surface area contributed by atoms with Gasteiger partial charge in [-0.2, -0.15) is 0 Å². The summed E-state index contributed by atoms with van der Waals surface area (Å²) in [6.07, 6.45) is 4.02. The van der Waals surface area contributed by atoms with E-state index in [1.165, 1.54) is 19.3 Å². The van der Waals surface area contributed by atoms with Crippen LogP contribution >= 0.6 is 0 Å². The van der Waals surface area contributed by atoms with Crippen LogP contribution in [0.4, 0.5) is 0 Å². The molecule has 14 heavy (non-hydrogen) atoms. The molecule has 0 bridgehead atoms. The summed E-state index contributed by atoms with van der Waals surface area (Å²) in [5, 5.41) is 3.33. The van der Waals surface area contributed by atoms with Crippen LogP contribution < -0.4 is 11.1 Å². The fourth-order valence-electron chi connectivity index (χ4n) is 2.11. The molecule has 0 radical (unpaired) electrons. The summed E-state index contributed by atoms with van der Waals surface area (Å²) < 4.78 is 0. The van der Waals surface area contributed by atoms with Crippen molar-refractivity contribution in [2.75, 3.05) is 13.1 Å². The summed E-state index contributed by atoms with van der Waals surface area (Å²) >= 11 is 0. The first kappa shape index (κ1) is 11.5. The first-order valence-electron chi connectivity index (χ1n) is 5.59. The molecular weight excluding hydrogens is 176 g/mol. The Kier molecular flexibility index (Phi) is 4.39. The molecule has 0 aromatic rings. The molecule has 0 aliphatic heterocycles. The van der Waals surface area contributed by atoms with E-state index in [9.17, 15) is 4.79 Å². The zero-order chi connectivity index (χ0) is 10.6. The van der Waals surface area contributed by atoms with Crippen LogP contribution in [0.5, 0.6) is 0 Å². The smallest absolute Gasteiger partial charge is 0.221 e. The SMILES string of the molecule is CC1CCC(CNCC(C)C(N)=O)C1. The molecular formula is C11H22N2O. The first-order chi connectivity index (χ1) is 6.59. The topological polar surface area (TPSA) is 55.1 Å². The Hall–Kier alpha value is -0.570. The Balaban J connectivity index is 2.07. The second-order valence-electron chi connectivity index (χ2n) is 4.75.